The van der Waals surface area contributed by atoms with Crippen molar-refractivity contribution in [2.24, 2.45) is 5.73 Å². The van der Waals surface area contributed by atoms with E-state index in [1.807, 2.05) is 0 Å². The van der Waals surface area contributed by atoms with Gasteiger partial charge in [0.2, 0.25) is 5.65 Å². The molecule has 0 fully saturated rings. The first kappa shape index (κ1) is 11.6. The standard InChI is InChI=1S/C9H12F2N6/c10-7(11)5-16(3-1-12)8-9-15-14-6-17(9)4-2-13-8/h2,4,6-7H,1,3,5,12H2. The molecular formula is C9H12F2N6. The van der Waals surface area contributed by atoms with Crippen LogP contribution in [0, 0.1) is 0 Å². The van der Waals surface area contributed by atoms with Gasteiger partial charge in [-0.05, 0) is 0 Å². The molecule has 2 N–H and O–H groups in total. The van der Waals surface area contributed by atoms with Crippen molar-refractivity contribution in [3.8, 4) is 0 Å². The molecule has 0 aromatic carbocycles. The van der Waals surface area contributed by atoms with Crippen LogP contribution in [-0.2, 0) is 0 Å². The number of hydrogen-bond donors (Lipinski definition) is 1. The molecule has 0 saturated carbocycles. The van der Waals surface area contributed by atoms with Gasteiger partial charge in [0.05, 0.1) is 6.54 Å². The van der Waals surface area contributed by atoms with E-state index in [1.165, 1.54) is 17.4 Å². The number of nitrogens with zero attached hydrogens (tertiary/aromatic N) is 5. The number of halogens is 2. The first-order valence-corrected chi connectivity index (χ1v) is 5.10. The van der Waals surface area contributed by atoms with Crippen molar-refractivity contribution in [2.45, 2.75) is 6.43 Å². The van der Waals surface area contributed by atoms with E-state index in [-0.39, 0.29) is 6.54 Å². The van der Waals surface area contributed by atoms with Crippen LogP contribution in [0.1, 0.15) is 0 Å². The third kappa shape index (κ3) is 2.47. The van der Waals surface area contributed by atoms with Gasteiger partial charge in [-0.25, -0.2) is 13.8 Å². The number of aromatic nitrogens is 4. The molecule has 0 radical (unpaired) electrons. The molecule has 6 nitrogen and oxygen atoms in total. The number of fused-ring (bicyclic) bond motifs is 1. The number of hydrogen-bond acceptors (Lipinski definition) is 5. The number of nitrogens with two attached hydrogens (primary N) is 1. The Labute approximate surface area is 96.1 Å². The average molecular weight is 242 g/mol. The summed E-state index contributed by atoms with van der Waals surface area (Å²) in [5, 5.41) is 7.56. The van der Waals surface area contributed by atoms with Gasteiger partial charge in [-0.3, -0.25) is 4.40 Å². The van der Waals surface area contributed by atoms with Crippen LogP contribution in [0.15, 0.2) is 18.7 Å². The van der Waals surface area contributed by atoms with E-state index in [2.05, 4.69) is 15.2 Å². The molecule has 0 atom stereocenters. The summed E-state index contributed by atoms with van der Waals surface area (Å²) in [6.45, 7) is 0.143. The van der Waals surface area contributed by atoms with Crippen LogP contribution in [0.3, 0.4) is 0 Å². The molecule has 2 heterocycles. The van der Waals surface area contributed by atoms with Gasteiger partial charge in [0.15, 0.2) is 5.82 Å². The minimum Gasteiger partial charge on any atom is -0.346 e. The summed E-state index contributed by atoms with van der Waals surface area (Å²) in [5.41, 5.74) is 5.85. The van der Waals surface area contributed by atoms with Crippen molar-refractivity contribution in [3.05, 3.63) is 18.7 Å². The van der Waals surface area contributed by atoms with E-state index in [1.54, 1.807) is 10.6 Å². The fourth-order valence-electron chi connectivity index (χ4n) is 1.57. The van der Waals surface area contributed by atoms with Crippen LogP contribution >= 0.6 is 0 Å². The van der Waals surface area contributed by atoms with Gasteiger partial charge in [-0.15, -0.1) is 10.2 Å². The second-order valence-electron chi connectivity index (χ2n) is 3.44. The van der Waals surface area contributed by atoms with Gasteiger partial charge in [0.25, 0.3) is 6.43 Å². The highest BCUT2D eigenvalue weighted by atomic mass is 19.3. The first-order chi connectivity index (χ1) is 8.22. The zero-order chi connectivity index (χ0) is 12.3. The van der Waals surface area contributed by atoms with E-state index < -0.39 is 13.0 Å². The number of alkyl halides is 2. The Kier molecular flexibility index (Phi) is 3.43. The normalized spacial score (nSPS) is 11.3. The Hall–Kier alpha value is -1.83. The van der Waals surface area contributed by atoms with Crippen LogP contribution in [0.2, 0.25) is 0 Å². The summed E-state index contributed by atoms with van der Waals surface area (Å²) in [4.78, 5) is 5.48. The van der Waals surface area contributed by atoms with Gasteiger partial charge in [0.1, 0.15) is 6.33 Å². The lowest BCUT2D eigenvalue weighted by Crippen LogP contribution is -2.34. The van der Waals surface area contributed by atoms with Crippen molar-refractivity contribution < 1.29 is 8.78 Å². The fourth-order valence-corrected chi connectivity index (χ4v) is 1.57. The van der Waals surface area contributed by atoms with Crippen LogP contribution < -0.4 is 10.6 Å². The van der Waals surface area contributed by atoms with Crippen LogP contribution in [-0.4, -0.2) is 45.6 Å². The van der Waals surface area contributed by atoms with Gasteiger partial charge in [-0.2, -0.15) is 0 Å². The zero-order valence-corrected chi connectivity index (χ0v) is 9.00. The van der Waals surface area contributed by atoms with E-state index in [0.29, 0.717) is 18.0 Å². The molecule has 0 bridgehead atoms. The Morgan fingerprint density at radius 1 is 1.47 bits per heavy atom. The molecule has 0 aliphatic rings. The summed E-state index contributed by atoms with van der Waals surface area (Å²) in [6.07, 6.45) is 2.21. The van der Waals surface area contributed by atoms with E-state index in [9.17, 15) is 8.78 Å². The molecule has 0 aliphatic carbocycles. The lowest BCUT2D eigenvalue weighted by Gasteiger charge is -2.22. The molecule has 2 aromatic rings. The molecule has 2 rings (SSSR count). The molecule has 0 saturated heterocycles. The highest BCUT2D eigenvalue weighted by Crippen LogP contribution is 2.16. The summed E-state index contributed by atoms with van der Waals surface area (Å²) in [7, 11) is 0. The maximum atomic E-state index is 12.5. The maximum absolute atomic E-state index is 12.5. The van der Waals surface area contributed by atoms with Crippen molar-refractivity contribution in [2.75, 3.05) is 24.5 Å². The van der Waals surface area contributed by atoms with Gasteiger partial charge in [0, 0.05) is 25.5 Å². The summed E-state index contributed by atoms with van der Waals surface area (Å²) in [5.74, 6) is 0.371. The predicted octanol–water partition coefficient (Wildman–Crippen LogP) is 0.154. The van der Waals surface area contributed by atoms with E-state index in [0.717, 1.165) is 0 Å². The molecule has 0 unspecified atom stereocenters. The minimum atomic E-state index is -2.45. The Morgan fingerprint density at radius 2 is 2.29 bits per heavy atom. The van der Waals surface area contributed by atoms with E-state index >= 15 is 0 Å². The van der Waals surface area contributed by atoms with E-state index in [4.69, 9.17) is 5.73 Å². The lowest BCUT2D eigenvalue weighted by atomic mass is 10.4. The van der Waals surface area contributed by atoms with Crippen molar-refractivity contribution >= 4 is 11.5 Å². The highest BCUT2D eigenvalue weighted by Gasteiger charge is 2.17. The lowest BCUT2D eigenvalue weighted by molar-refractivity contribution is 0.155. The Bertz CT molecular complexity index is 485. The second-order valence-corrected chi connectivity index (χ2v) is 3.44. The zero-order valence-electron chi connectivity index (χ0n) is 9.00. The highest BCUT2D eigenvalue weighted by molar-refractivity contribution is 5.63. The Morgan fingerprint density at radius 3 is 3.00 bits per heavy atom. The monoisotopic (exact) mass is 242 g/mol. The van der Waals surface area contributed by atoms with Crippen LogP contribution in [0.25, 0.3) is 5.65 Å². The summed E-state index contributed by atoms with van der Waals surface area (Å²) < 4.78 is 26.6. The van der Waals surface area contributed by atoms with Gasteiger partial charge in [-0.1, -0.05) is 0 Å². The summed E-state index contributed by atoms with van der Waals surface area (Å²) >= 11 is 0. The molecule has 2 aromatic heterocycles. The smallest absolute Gasteiger partial charge is 0.255 e. The molecule has 17 heavy (non-hydrogen) atoms. The molecule has 8 heteroatoms. The van der Waals surface area contributed by atoms with Crippen molar-refractivity contribution in [1.29, 1.82) is 0 Å². The average Bonchev–Trinajstić information content (AvgIpc) is 2.75. The quantitative estimate of drug-likeness (QED) is 0.808. The van der Waals surface area contributed by atoms with Crippen LogP contribution in [0.5, 0.6) is 0 Å². The molecule has 0 aliphatic heterocycles. The first-order valence-electron chi connectivity index (χ1n) is 5.10. The largest absolute Gasteiger partial charge is 0.346 e. The minimum absolute atomic E-state index is 0.267. The summed E-state index contributed by atoms with van der Waals surface area (Å²) in [6, 6.07) is 0. The third-order valence-corrected chi connectivity index (χ3v) is 2.25. The maximum Gasteiger partial charge on any atom is 0.255 e. The van der Waals surface area contributed by atoms with Crippen molar-refractivity contribution in [1.82, 2.24) is 19.6 Å². The number of anilines is 1. The number of rotatable bonds is 5. The van der Waals surface area contributed by atoms with Gasteiger partial charge < -0.3 is 10.6 Å². The van der Waals surface area contributed by atoms with Gasteiger partial charge >= 0.3 is 0 Å². The molecule has 0 amide bonds. The van der Waals surface area contributed by atoms with Crippen molar-refractivity contribution in [3.63, 3.8) is 0 Å². The third-order valence-electron chi connectivity index (χ3n) is 2.25. The van der Waals surface area contributed by atoms with Crippen LogP contribution in [0.4, 0.5) is 14.6 Å². The predicted molar refractivity (Wildman–Crippen MR) is 58.1 cm³/mol. The fraction of sp³-hybridized carbons (Fsp3) is 0.444. The topological polar surface area (TPSA) is 72.3 Å². The Balaban J connectivity index is 2.36. The second kappa shape index (κ2) is 5.00. The molecule has 92 valence electrons. The molecule has 0 spiro atoms. The SMILES string of the molecule is NCCN(CC(F)F)c1nccn2cnnc12. The molecular weight excluding hydrogens is 230 g/mol.